The summed E-state index contributed by atoms with van der Waals surface area (Å²) in [5, 5.41) is 13.8. The fourth-order valence-corrected chi connectivity index (χ4v) is 2.72. The van der Waals surface area contributed by atoms with Crippen LogP contribution in [-0.2, 0) is 0 Å². The average Bonchev–Trinajstić information content (AvgIpc) is 2.96. The summed E-state index contributed by atoms with van der Waals surface area (Å²) in [4.78, 5) is 2.29. The van der Waals surface area contributed by atoms with Gasteiger partial charge in [0, 0.05) is 12.6 Å². The molecular formula is C13H26N2O. The highest BCUT2D eigenvalue weighted by molar-refractivity contribution is 4.86. The van der Waals surface area contributed by atoms with Crippen LogP contribution < -0.4 is 5.32 Å². The van der Waals surface area contributed by atoms with Gasteiger partial charge in [0.25, 0.3) is 0 Å². The van der Waals surface area contributed by atoms with Gasteiger partial charge in [0.05, 0.1) is 5.60 Å². The van der Waals surface area contributed by atoms with E-state index in [0.717, 1.165) is 38.5 Å². The van der Waals surface area contributed by atoms with Crippen molar-refractivity contribution in [1.29, 1.82) is 0 Å². The van der Waals surface area contributed by atoms with Crippen LogP contribution in [0.1, 0.15) is 44.9 Å². The minimum Gasteiger partial charge on any atom is -0.389 e. The molecule has 94 valence electrons. The Morgan fingerprint density at radius 2 is 2.00 bits per heavy atom. The lowest BCUT2D eigenvalue weighted by molar-refractivity contribution is 0.0162. The molecule has 2 fully saturated rings. The van der Waals surface area contributed by atoms with Crippen molar-refractivity contribution in [2.75, 3.05) is 26.7 Å². The molecule has 0 radical (unpaired) electrons. The predicted molar refractivity (Wildman–Crippen MR) is 66.6 cm³/mol. The zero-order chi connectivity index (χ0) is 11.4. The lowest BCUT2D eigenvalue weighted by Crippen LogP contribution is -2.40. The zero-order valence-corrected chi connectivity index (χ0v) is 10.5. The van der Waals surface area contributed by atoms with Crippen LogP contribution in [0, 0.1) is 0 Å². The molecule has 2 aliphatic carbocycles. The first-order valence-corrected chi connectivity index (χ1v) is 6.82. The highest BCUT2D eigenvalue weighted by Gasteiger charge is 2.31. The maximum atomic E-state index is 10.3. The molecule has 0 aliphatic heterocycles. The summed E-state index contributed by atoms with van der Waals surface area (Å²) in [7, 11) is 2.13. The molecule has 0 unspecified atom stereocenters. The third-order valence-corrected chi connectivity index (χ3v) is 3.83. The first-order chi connectivity index (χ1) is 7.68. The van der Waals surface area contributed by atoms with Crippen LogP contribution in [0.3, 0.4) is 0 Å². The first kappa shape index (κ1) is 12.3. The highest BCUT2D eigenvalue weighted by Crippen LogP contribution is 2.29. The molecule has 0 bridgehead atoms. The Bertz CT molecular complexity index is 210. The zero-order valence-electron chi connectivity index (χ0n) is 10.5. The fraction of sp³-hybridized carbons (Fsp3) is 1.00. The van der Waals surface area contributed by atoms with Crippen molar-refractivity contribution in [1.82, 2.24) is 10.2 Å². The molecule has 2 N–H and O–H groups in total. The second-order valence-corrected chi connectivity index (χ2v) is 5.75. The standard InChI is InChI=1S/C13H26N2O/c1-15(10-4-9-14-12-5-6-12)11-13(16)7-2-3-8-13/h12,14,16H,2-11H2,1H3. The fourth-order valence-electron chi connectivity index (χ4n) is 2.72. The molecule has 0 spiro atoms. The van der Waals surface area contributed by atoms with Crippen LogP contribution in [0.15, 0.2) is 0 Å². The van der Waals surface area contributed by atoms with Gasteiger partial charge in [0.2, 0.25) is 0 Å². The van der Waals surface area contributed by atoms with Crippen molar-refractivity contribution in [2.45, 2.75) is 56.6 Å². The lowest BCUT2D eigenvalue weighted by atomic mass is 10.0. The number of likely N-dealkylation sites (N-methyl/N-ethyl adjacent to an activating group) is 1. The number of aliphatic hydroxyl groups is 1. The Balaban J connectivity index is 1.54. The Labute approximate surface area is 99.2 Å². The van der Waals surface area contributed by atoms with Gasteiger partial charge in [-0.2, -0.15) is 0 Å². The van der Waals surface area contributed by atoms with Gasteiger partial charge in [-0.25, -0.2) is 0 Å². The van der Waals surface area contributed by atoms with E-state index in [9.17, 15) is 5.11 Å². The maximum absolute atomic E-state index is 10.3. The molecule has 0 amide bonds. The number of hydrogen-bond donors (Lipinski definition) is 2. The van der Waals surface area contributed by atoms with Crippen molar-refractivity contribution in [3.8, 4) is 0 Å². The van der Waals surface area contributed by atoms with E-state index in [-0.39, 0.29) is 5.60 Å². The molecule has 0 atom stereocenters. The average molecular weight is 226 g/mol. The smallest absolute Gasteiger partial charge is 0.0774 e. The third kappa shape index (κ3) is 4.04. The number of rotatable bonds is 7. The molecule has 2 saturated carbocycles. The Morgan fingerprint density at radius 3 is 2.62 bits per heavy atom. The van der Waals surface area contributed by atoms with E-state index in [1.807, 2.05) is 0 Å². The normalized spacial score (nSPS) is 24.2. The minimum atomic E-state index is -0.376. The minimum absolute atomic E-state index is 0.376. The molecule has 0 aromatic heterocycles. The van der Waals surface area contributed by atoms with Gasteiger partial charge >= 0.3 is 0 Å². The van der Waals surface area contributed by atoms with E-state index in [1.165, 1.54) is 32.1 Å². The molecule has 3 nitrogen and oxygen atoms in total. The van der Waals surface area contributed by atoms with E-state index in [1.54, 1.807) is 0 Å². The second kappa shape index (κ2) is 5.48. The summed E-state index contributed by atoms with van der Waals surface area (Å²) in [6.45, 7) is 3.09. The molecule has 3 heteroatoms. The maximum Gasteiger partial charge on any atom is 0.0774 e. The van der Waals surface area contributed by atoms with E-state index in [0.29, 0.717) is 0 Å². The number of hydrogen-bond acceptors (Lipinski definition) is 3. The van der Waals surface area contributed by atoms with Crippen molar-refractivity contribution in [2.24, 2.45) is 0 Å². The van der Waals surface area contributed by atoms with Gasteiger partial charge in [-0.1, -0.05) is 12.8 Å². The summed E-state index contributed by atoms with van der Waals surface area (Å²) in [6.07, 6.45) is 8.34. The molecule has 16 heavy (non-hydrogen) atoms. The van der Waals surface area contributed by atoms with E-state index in [2.05, 4.69) is 17.3 Å². The van der Waals surface area contributed by atoms with Gasteiger partial charge in [-0.05, 0) is 52.2 Å². The van der Waals surface area contributed by atoms with Crippen LogP contribution in [0.5, 0.6) is 0 Å². The molecule has 0 aromatic carbocycles. The van der Waals surface area contributed by atoms with Gasteiger partial charge in [-0.3, -0.25) is 0 Å². The van der Waals surface area contributed by atoms with E-state index in [4.69, 9.17) is 0 Å². The molecule has 2 aliphatic rings. The SMILES string of the molecule is CN(CCCNC1CC1)CC1(O)CCCC1. The lowest BCUT2D eigenvalue weighted by Gasteiger charge is -2.28. The molecule has 2 rings (SSSR count). The summed E-state index contributed by atoms with van der Waals surface area (Å²) >= 11 is 0. The summed E-state index contributed by atoms with van der Waals surface area (Å²) in [6, 6.07) is 0.823. The van der Waals surface area contributed by atoms with Gasteiger partial charge in [0.15, 0.2) is 0 Å². The van der Waals surface area contributed by atoms with Crippen LogP contribution in [0.4, 0.5) is 0 Å². The molecule has 0 aromatic rings. The van der Waals surface area contributed by atoms with Gasteiger partial charge in [-0.15, -0.1) is 0 Å². The van der Waals surface area contributed by atoms with Crippen LogP contribution in [0.25, 0.3) is 0 Å². The third-order valence-electron chi connectivity index (χ3n) is 3.83. The first-order valence-electron chi connectivity index (χ1n) is 6.82. The van der Waals surface area contributed by atoms with E-state index >= 15 is 0 Å². The van der Waals surface area contributed by atoms with Crippen LogP contribution in [-0.4, -0.2) is 48.3 Å². The van der Waals surface area contributed by atoms with Crippen molar-refractivity contribution >= 4 is 0 Å². The van der Waals surface area contributed by atoms with Gasteiger partial charge < -0.3 is 15.3 Å². The van der Waals surface area contributed by atoms with Crippen LogP contribution in [0.2, 0.25) is 0 Å². The topological polar surface area (TPSA) is 35.5 Å². The Hall–Kier alpha value is -0.120. The molecule has 0 saturated heterocycles. The highest BCUT2D eigenvalue weighted by atomic mass is 16.3. The largest absolute Gasteiger partial charge is 0.389 e. The molecule has 0 heterocycles. The second-order valence-electron chi connectivity index (χ2n) is 5.75. The predicted octanol–water partition coefficient (Wildman–Crippen LogP) is 1.37. The summed E-state index contributed by atoms with van der Waals surface area (Å²) in [5.74, 6) is 0. The molecular weight excluding hydrogens is 200 g/mol. The van der Waals surface area contributed by atoms with E-state index < -0.39 is 0 Å². The monoisotopic (exact) mass is 226 g/mol. The quantitative estimate of drug-likeness (QED) is 0.644. The number of nitrogens with zero attached hydrogens (tertiary/aromatic N) is 1. The van der Waals surface area contributed by atoms with Crippen LogP contribution >= 0.6 is 0 Å². The van der Waals surface area contributed by atoms with Crippen molar-refractivity contribution in [3.05, 3.63) is 0 Å². The summed E-state index contributed by atoms with van der Waals surface area (Å²) < 4.78 is 0. The van der Waals surface area contributed by atoms with Gasteiger partial charge in [0.1, 0.15) is 0 Å². The number of nitrogens with one attached hydrogen (secondary N) is 1. The Kier molecular flexibility index (Phi) is 4.22. The van der Waals surface area contributed by atoms with Crippen molar-refractivity contribution < 1.29 is 5.11 Å². The summed E-state index contributed by atoms with van der Waals surface area (Å²) in [5.41, 5.74) is -0.376. The van der Waals surface area contributed by atoms with Crippen molar-refractivity contribution in [3.63, 3.8) is 0 Å². The Morgan fingerprint density at radius 1 is 1.31 bits per heavy atom.